The highest BCUT2D eigenvalue weighted by Crippen LogP contribution is 2.21. The highest BCUT2D eigenvalue weighted by atomic mass is 32.1. The molecule has 2 heterocycles. The molecule has 3 nitrogen and oxygen atoms in total. The molecule has 2 aliphatic rings. The van der Waals surface area contributed by atoms with E-state index in [4.69, 9.17) is 0 Å². The minimum Gasteiger partial charge on any atom is -0.309 e. The van der Waals surface area contributed by atoms with Gasteiger partial charge in [-0.25, -0.2) is 4.98 Å². The number of hydrogen-bond donors (Lipinski definition) is 1. The van der Waals surface area contributed by atoms with Gasteiger partial charge in [0, 0.05) is 23.7 Å². The highest BCUT2D eigenvalue weighted by molar-refractivity contribution is 7.11. The molecule has 1 aromatic rings. The maximum atomic E-state index is 4.58. The van der Waals surface area contributed by atoms with E-state index in [0.717, 1.165) is 19.1 Å². The van der Waals surface area contributed by atoms with Gasteiger partial charge in [0.05, 0.1) is 6.54 Å². The van der Waals surface area contributed by atoms with Crippen LogP contribution in [0.25, 0.3) is 0 Å². The Morgan fingerprint density at radius 3 is 2.72 bits per heavy atom. The zero-order valence-corrected chi connectivity index (χ0v) is 11.8. The summed E-state index contributed by atoms with van der Waals surface area (Å²) < 4.78 is 0. The van der Waals surface area contributed by atoms with Gasteiger partial charge in [0.1, 0.15) is 5.01 Å². The molecule has 0 radical (unpaired) electrons. The van der Waals surface area contributed by atoms with Crippen LogP contribution in [-0.2, 0) is 13.1 Å². The molecule has 18 heavy (non-hydrogen) atoms. The van der Waals surface area contributed by atoms with Crippen LogP contribution in [0.1, 0.15) is 48.4 Å². The standard InChI is InChI=1S/C14H23N3S/c1-2-4-8-17(7-3-1)11-14-16-10-13(18-14)9-15-12-5-6-12/h10,12,15H,1-9,11H2. The lowest BCUT2D eigenvalue weighted by molar-refractivity contribution is 0.276. The monoisotopic (exact) mass is 265 g/mol. The third-order valence-electron chi connectivity index (χ3n) is 3.80. The van der Waals surface area contributed by atoms with Gasteiger partial charge < -0.3 is 5.32 Å². The molecule has 3 rings (SSSR count). The van der Waals surface area contributed by atoms with Gasteiger partial charge in [-0.15, -0.1) is 11.3 Å². The van der Waals surface area contributed by atoms with Crippen LogP contribution >= 0.6 is 11.3 Å². The van der Waals surface area contributed by atoms with Gasteiger partial charge in [-0.1, -0.05) is 12.8 Å². The van der Waals surface area contributed by atoms with Crippen molar-refractivity contribution in [2.45, 2.75) is 57.7 Å². The molecule has 0 atom stereocenters. The summed E-state index contributed by atoms with van der Waals surface area (Å²) in [5.74, 6) is 0. The maximum Gasteiger partial charge on any atom is 0.107 e. The lowest BCUT2D eigenvalue weighted by atomic mass is 10.2. The lowest BCUT2D eigenvalue weighted by Gasteiger charge is -2.17. The Morgan fingerprint density at radius 2 is 2.00 bits per heavy atom. The van der Waals surface area contributed by atoms with E-state index in [9.17, 15) is 0 Å². The molecule has 0 aromatic carbocycles. The van der Waals surface area contributed by atoms with Crippen LogP contribution in [0.15, 0.2) is 6.20 Å². The molecule has 1 aliphatic carbocycles. The van der Waals surface area contributed by atoms with Crippen LogP contribution < -0.4 is 5.32 Å². The van der Waals surface area contributed by atoms with Gasteiger partial charge in [0.15, 0.2) is 0 Å². The summed E-state index contributed by atoms with van der Waals surface area (Å²) in [6, 6.07) is 0.793. The maximum absolute atomic E-state index is 4.58. The fourth-order valence-electron chi connectivity index (χ4n) is 2.52. The molecule has 0 amide bonds. The normalized spacial score (nSPS) is 22.0. The molecule has 1 aliphatic heterocycles. The molecule has 0 unspecified atom stereocenters. The summed E-state index contributed by atoms with van der Waals surface area (Å²) >= 11 is 1.89. The number of nitrogens with zero attached hydrogens (tertiary/aromatic N) is 2. The number of nitrogens with one attached hydrogen (secondary N) is 1. The molecule has 0 bridgehead atoms. The van der Waals surface area contributed by atoms with E-state index in [1.165, 1.54) is 61.5 Å². The van der Waals surface area contributed by atoms with Crippen LogP contribution in [0.2, 0.25) is 0 Å². The predicted molar refractivity (Wildman–Crippen MR) is 75.7 cm³/mol. The van der Waals surface area contributed by atoms with E-state index in [2.05, 4.69) is 21.4 Å². The van der Waals surface area contributed by atoms with Crippen molar-refractivity contribution in [3.05, 3.63) is 16.1 Å². The van der Waals surface area contributed by atoms with E-state index in [1.54, 1.807) is 0 Å². The largest absolute Gasteiger partial charge is 0.309 e. The number of aromatic nitrogens is 1. The Kier molecular flexibility index (Phi) is 4.28. The fourth-order valence-corrected chi connectivity index (χ4v) is 3.44. The topological polar surface area (TPSA) is 28.2 Å². The summed E-state index contributed by atoms with van der Waals surface area (Å²) in [6.45, 7) is 4.60. The molecular formula is C14H23N3S. The second-order valence-electron chi connectivity index (χ2n) is 5.57. The molecule has 100 valence electrons. The van der Waals surface area contributed by atoms with Crippen LogP contribution in [0, 0.1) is 0 Å². The van der Waals surface area contributed by atoms with E-state index in [1.807, 2.05) is 11.3 Å². The molecule has 1 aromatic heterocycles. The average Bonchev–Trinajstić information content (AvgIpc) is 3.14. The summed E-state index contributed by atoms with van der Waals surface area (Å²) in [6.07, 6.45) is 10.3. The summed E-state index contributed by atoms with van der Waals surface area (Å²) in [4.78, 5) is 8.54. The van der Waals surface area contributed by atoms with Crippen molar-refractivity contribution in [2.24, 2.45) is 0 Å². The second kappa shape index (κ2) is 6.13. The van der Waals surface area contributed by atoms with Crippen molar-refractivity contribution in [3.63, 3.8) is 0 Å². The fraction of sp³-hybridized carbons (Fsp3) is 0.786. The quantitative estimate of drug-likeness (QED) is 0.887. The minimum atomic E-state index is 0.793. The molecule has 4 heteroatoms. The Hall–Kier alpha value is -0.450. The molecule has 0 spiro atoms. The first kappa shape index (κ1) is 12.6. The lowest BCUT2D eigenvalue weighted by Crippen LogP contribution is -2.23. The van der Waals surface area contributed by atoms with Gasteiger partial charge in [0.2, 0.25) is 0 Å². The zero-order valence-electron chi connectivity index (χ0n) is 11.0. The van der Waals surface area contributed by atoms with E-state index in [-0.39, 0.29) is 0 Å². The number of thiazole rings is 1. The smallest absolute Gasteiger partial charge is 0.107 e. The summed E-state index contributed by atoms with van der Waals surface area (Å²) in [7, 11) is 0. The van der Waals surface area contributed by atoms with Crippen LogP contribution in [-0.4, -0.2) is 29.0 Å². The summed E-state index contributed by atoms with van der Waals surface area (Å²) in [5, 5.41) is 4.85. The first-order valence-corrected chi connectivity index (χ1v) is 8.11. The molecular weight excluding hydrogens is 242 g/mol. The Labute approximate surface area is 114 Å². The van der Waals surface area contributed by atoms with E-state index >= 15 is 0 Å². The molecule has 1 saturated carbocycles. The summed E-state index contributed by atoms with van der Waals surface area (Å²) in [5.41, 5.74) is 0. The van der Waals surface area contributed by atoms with E-state index in [0.29, 0.717) is 0 Å². The van der Waals surface area contributed by atoms with Crippen LogP contribution in [0.3, 0.4) is 0 Å². The number of rotatable bonds is 5. The third-order valence-corrected chi connectivity index (χ3v) is 4.78. The van der Waals surface area contributed by atoms with Crippen molar-refractivity contribution in [1.29, 1.82) is 0 Å². The molecule has 1 saturated heterocycles. The minimum absolute atomic E-state index is 0.793. The van der Waals surface area contributed by atoms with Gasteiger partial charge >= 0.3 is 0 Å². The van der Waals surface area contributed by atoms with Gasteiger partial charge in [-0.2, -0.15) is 0 Å². The van der Waals surface area contributed by atoms with E-state index < -0.39 is 0 Å². The highest BCUT2D eigenvalue weighted by Gasteiger charge is 2.20. The molecule has 1 N–H and O–H groups in total. The predicted octanol–water partition coefficient (Wildman–Crippen LogP) is 2.77. The van der Waals surface area contributed by atoms with Crippen molar-refractivity contribution in [3.8, 4) is 0 Å². The SMILES string of the molecule is c1nc(CN2CCCCCC2)sc1CNC1CC1. The Bertz CT molecular complexity index is 365. The van der Waals surface area contributed by atoms with Gasteiger partial charge in [-0.3, -0.25) is 4.90 Å². The van der Waals surface area contributed by atoms with Gasteiger partial charge in [0.25, 0.3) is 0 Å². The van der Waals surface area contributed by atoms with Gasteiger partial charge in [-0.05, 0) is 38.8 Å². The second-order valence-corrected chi connectivity index (χ2v) is 6.77. The van der Waals surface area contributed by atoms with Crippen molar-refractivity contribution >= 4 is 11.3 Å². The first-order valence-electron chi connectivity index (χ1n) is 7.29. The Balaban J connectivity index is 1.48. The first-order chi connectivity index (χ1) is 8.90. The number of hydrogen-bond acceptors (Lipinski definition) is 4. The number of likely N-dealkylation sites (tertiary alicyclic amines) is 1. The van der Waals surface area contributed by atoms with Crippen LogP contribution in [0.4, 0.5) is 0 Å². The third kappa shape index (κ3) is 3.77. The molecule has 2 fully saturated rings. The van der Waals surface area contributed by atoms with Crippen molar-refractivity contribution in [1.82, 2.24) is 15.2 Å². The Morgan fingerprint density at radius 1 is 1.22 bits per heavy atom. The van der Waals surface area contributed by atoms with Crippen molar-refractivity contribution < 1.29 is 0 Å². The van der Waals surface area contributed by atoms with Crippen molar-refractivity contribution in [2.75, 3.05) is 13.1 Å². The van der Waals surface area contributed by atoms with Crippen LogP contribution in [0.5, 0.6) is 0 Å². The average molecular weight is 265 g/mol. The zero-order chi connectivity index (χ0) is 12.2.